The van der Waals surface area contributed by atoms with Gasteiger partial charge in [-0.25, -0.2) is 4.79 Å². The van der Waals surface area contributed by atoms with Gasteiger partial charge >= 0.3 is 6.03 Å². The van der Waals surface area contributed by atoms with Gasteiger partial charge in [0.15, 0.2) is 5.92 Å². The molecule has 1 aliphatic carbocycles. The summed E-state index contributed by atoms with van der Waals surface area (Å²) >= 11 is 0. The van der Waals surface area contributed by atoms with Crippen molar-refractivity contribution in [3.8, 4) is 0 Å². The van der Waals surface area contributed by atoms with Crippen LogP contribution < -0.4 is 11.1 Å². The van der Waals surface area contributed by atoms with Crippen molar-refractivity contribution in [3.05, 3.63) is 24.2 Å². The molecule has 0 bridgehead atoms. The van der Waals surface area contributed by atoms with Crippen LogP contribution in [0.25, 0.3) is 0 Å². The number of nitrogens with one attached hydrogen (secondary N) is 1. The first-order valence-electron chi connectivity index (χ1n) is 8.03. The highest BCUT2D eigenvalue weighted by Gasteiger charge is 2.40. The van der Waals surface area contributed by atoms with Gasteiger partial charge in [0.2, 0.25) is 11.8 Å². The van der Waals surface area contributed by atoms with E-state index >= 15 is 0 Å². The second-order valence-corrected chi connectivity index (χ2v) is 6.09. The normalized spacial score (nSPS) is 28.5. The number of nitrogens with zero attached hydrogens (tertiary/aromatic N) is 2. The molecular formula is C16H20N4O4. The maximum absolute atomic E-state index is 12.5. The Kier molecular flexibility index (Phi) is 4.75. The van der Waals surface area contributed by atoms with Crippen molar-refractivity contribution in [1.82, 2.24) is 10.2 Å². The van der Waals surface area contributed by atoms with Gasteiger partial charge in [-0.05, 0) is 25.0 Å². The average Bonchev–Trinajstić information content (AvgIpc) is 3.06. The van der Waals surface area contributed by atoms with E-state index in [2.05, 4.69) is 10.3 Å². The Morgan fingerprint density at radius 2 is 2.12 bits per heavy atom. The van der Waals surface area contributed by atoms with E-state index in [1.54, 1.807) is 12.1 Å². The lowest BCUT2D eigenvalue weighted by molar-refractivity contribution is -0.139. The molecule has 1 saturated carbocycles. The van der Waals surface area contributed by atoms with Crippen LogP contribution in [0, 0.1) is 5.92 Å². The molecule has 3 atom stereocenters. The van der Waals surface area contributed by atoms with Gasteiger partial charge in [0.1, 0.15) is 5.76 Å². The van der Waals surface area contributed by atoms with Gasteiger partial charge in [0.05, 0.1) is 18.8 Å². The molecule has 1 aromatic heterocycles. The number of carbonyl (C=O) groups is 3. The van der Waals surface area contributed by atoms with Crippen molar-refractivity contribution < 1.29 is 18.8 Å². The van der Waals surface area contributed by atoms with E-state index < -0.39 is 23.8 Å². The molecule has 8 heteroatoms. The van der Waals surface area contributed by atoms with E-state index in [0.29, 0.717) is 5.76 Å². The maximum Gasteiger partial charge on any atom is 0.331 e. The highest BCUT2D eigenvalue weighted by atomic mass is 16.3. The summed E-state index contributed by atoms with van der Waals surface area (Å²) in [6.07, 6.45) is 6.61. The maximum atomic E-state index is 12.5. The van der Waals surface area contributed by atoms with Crippen LogP contribution >= 0.6 is 0 Å². The molecule has 0 unspecified atom stereocenters. The van der Waals surface area contributed by atoms with E-state index in [4.69, 9.17) is 10.2 Å². The molecule has 24 heavy (non-hydrogen) atoms. The summed E-state index contributed by atoms with van der Waals surface area (Å²) < 4.78 is 5.16. The molecule has 3 rings (SSSR count). The van der Waals surface area contributed by atoms with Crippen LogP contribution in [-0.4, -0.2) is 41.0 Å². The van der Waals surface area contributed by atoms with Crippen molar-refractivity contribution in [2.24, 2.45) is 16.6 Å². The summed E-state index contributed by atoms with van der Waals surface area (Å²) in [4.78, 5) is 41.7. The van der Waals surface area contributed by atoms with Crippen LogP contribution in [0.4, 0.5) is 4.79 Å². The smallest absolute Gasteiger partial charge is 0.331 e. The Morgan fingerprint density at radius 1 is 1.33 bits per heavy atom. The molecule has 8 nitrogen and oxygen atoms in total. The number of rotatable bonds is 4. The molecule has 0 spiro atoms. The minimum absolute atomic E-state index is 0.0295. The number of nitrogens with two attached hydrogens (primary N) is 1. The lowest BCUT2D eigenvalue weighted by atomic mass is 9.91. The molecule has 0 radical (unpaired) electrons. The molecule has 1 saturated heterocycles. The topological polar surface area (TPSA) is 118 Å². The Bertz CT molecular complexity index is 655. The molecule has 2 aliphatic rings. The zero-order valence-electron chi connectivity index (χ0n) is 13.2. The first kappa shape index (κ1) is 16.4. The van der Waals surface area contributed by atoms with E-state index in [0.717, 1.165) is 30.6 Å². The SMILES string of the molecule is N[C@@H]1CCCC[C@H]1N=C[C@@H]1C(=O)NC(=O)N(Cc2ccco2)C1=O. The van der Waals surface area contributed by atoms with Gasteiger partial charge in [-0.3, -0.25) is 24.8 Å². The van der Waals surface area contributed by atoms with Crippen molar-refractivity contribution >= 4 is 24.1 Å². The summed E-state index contributed by atoms with van der Waals surface area (Å²) in [6.45, 7) is -0.0295. The van der Waals surface area contributed by atoms with Crippen molar-refractivity contribution in [2.75, 3.05) is 0 Å². The van der Waals surface area contributed by atoms with E-state index in [9.17, 15) is 14.4 Å². The Morgan fingerprint density at radius 3 is 2.83 bits per heavy atom. The van der Waals surface area contributed by atoms with Gasteiger partial charge in [0, 0.05) is 12.3 Å². The van der Waals surface area contributed by atoms with Crippen LogP contribution in [-0.2, 0) is 16.1 Å². The summed E-state index contributed by atoms with van der Waals surface area (Å²) in [7, 11) is 0. The molecular weight excluding hydrogens is 312 g/mol. The fourth-order valence-corrected chi connectivity index (χ4v) is 2.99. The number of hydrogen-bond donors (Lipinski definition) is 2. The predicted octanol–water partition coefficient (Wildman–Crippen LogP) is 0.815. The molecule has 1 aliphatic heterocycles. The highest BCUT2D eigenvalue weighted by molar-refractivity contribution is 6.23. The van der Waals surface area contributed by atoms with E-state index in [1.165, 1.54) is 12.5 Å². The van der Waals surface area contributed by atoms with E-state index in [1.807, 2.05) is 0 Å². The molecule has 2 fully saturated rings. The monoisotopic (exact) mass is 332 g/mol. The number of hydrogen-bond acceptors (Lipinski definition) is 6. The Hall–Kier alpha value is -2.48. The third-order valence-corrected chi connectivity index (χ3v) is 4.39. The zero-order valence-corrected chi connectivity index (χ0v) is 13.2. The minimum atomic E-state index is -1.12. The largest absolute Gasteiger partial charge is 0.467 e. The quantitative estimate of drug-likeness (QED) is 0.625. The zero-order chi connectivity index (χ0) is 17.1. The molecule has 4 amide bonds. The molecule has 128 valence electrons. The van der Waals surface area contributed by atoms with Crippen molar-refractivity contribution in [1.29, 1.82) is 0 Å². The summed E-state index contributed by atoms with van der Waals surface area (Å²) in [5.41, 5.74) is 6.03. The molecule has 1 aromatic rings. The number of carbonyl (C=O) groups excluding carboxylic acids is 3. The van der Waals surface area contributed by atoms with Crippen LogP contribution in [0.2, 0.25) is 0 Å². The van der Waals surface area contributed by atoms with Gasteiger partial charge in [-0.1, -0.05) is 12.8 Å². The van der Waals surface area contributed by atoms with Crippen LogP contribution in [0.1, 0.15) is 31.4 Å². The predicted molar refractivity (Wildman–Crippen MR) is 85.0 cm³/mol. The molecule has 2 heterocycles. The molecule has 0 aromatic carbocycles. The second-order valence-electron chi connectivity index (χ2n) is 6.09. The second kappa shape index (κ2) is 6.96. The number of imide groups is 2. The number of barbiturate groups is 1. The van der Waals surface area contributed by atoms with Gasteiger partial charge in [-0.2, -0.15) is 0 Å². The average molecular weight is 332 g/mol. The fraction of sp³-hybridized carbons (Fsp3) is 0.500. The van der Waals surface area contributed by atoms with Gasteiger partial charge in [0.25, 0.3) is 0 Å². The van der Waals surface area contributed by atoms with Crippen LogP contribution in [0.15, 0.2) is 27.8 Å². The first-order chi connectivity index (χ1) is 11.6. The van der Waals surface area contributed by atoms with Crippen molar-refractivity contribution in [2.45, 2.75) is 44.3 Å². The minimum Gasteiger partial charge on any atom is -0.467 e. The van der Waals surface area contributed by atoms with Crippen LogP contribution in [0.5, 0.6) is 0 Å². The Balaban J connectivity index is 1.72. The number of amides is 4. The fourth-order valence-electron chi connectivity index (χ4n) is 2.99. The number of urea groups is 1. The summed E-state index contributed by atoms with van der Waals surface area (Å²) in [6, 6.07) is 2.42. The first-order valence-corrected chi connectivity index (χ1v) is 8.03. The van der Waals surface area contributed by atoms with Gasteiger partial charge in [-0.15, -0.1) is 0 Å². The lowest BCUT2D eigenvalue weighted by Gasteiger charge is -2.29. The Labute approximate surface area is 139 Å². The summed E-state index contributed by atoms with van der Waals surface area (Å²) in [5, 5.41) is 2.18. The third-order valence-electron chi connectivity index (χ3n) is 4.39. The third kappa shape index (κ3) is 3.38. The molecule has 3 N–H and O–H groups in total. The lowest BCUT2D eigenvalue weighted by Crippen LogP contribution is -2.58. The number of aliphatic imine (C=N–C) groups is 1. The van der Waals surface area contributed by atoms with Crippen molar-refractivity contribution in [3.63, 3.8) is 0 Å². The van der Waals surface area contributed by atoms with E-state index in [-0.39, 0.29) is 18.6 Å². The summed E-state index contributed by atoms with van der Waals surface area (Å²) in [5.74, 6) is -1.92. The van der Waals surface area contributed by atoms with Crippen LogP contribution in [0.3, 0.4) is 0 Å². The standard InChI is InChI=1S/C16H20N4O4/c17-12-5-1-2-6-13(12)18-8-11-14(21)19-16(23)20(15(11)22)9-10-4-3-7-24-10/h3-4,7-8,11-13H,1-2,5-6,9,17H2,(H,19,21,23)/t11-,12-,13-/m1/s1. The highest BCUT2D eigenvalue weighted by Crippen LogP contribution is 2.20. The number of furan rings is 1. The van der Waals surface area contributed by atoms with Gasteiger partial charge < -0.3 is 10.2 Å².